The van der Waals surface area contributed by atoms with Gasteiger partial charge in [-0.3, -0.25) is 0 Å². The van der Waals surface area contributed by atoms with Gasteiger partial charge in [-0.25, -0.2) is 8.42 Å². The fourth-order valence-corrected chi connectivity index (χ4v) is 4.49. The van der Waals surface area contributed by atoms with Gasteiger partial charge in [-0.05, 0) is 30.2 Å². The van der Waals surface area contributed by atoms with Crippen LogP contribution in [-0.2, 0) is 15.3 Å². The van der Waals surface area contributed by atoms with Crippen molar-refractivity contribution < 1.29 is 8.42 Å². The highest BCUT2D eigenvalue weighted by atomic mass is 32.2. The molecular weight excluding hydrogens is 232 g/mol. The standard InChI is InChI=1S/C14H20O2S/c1-2-8-14(13-6-4-3-5-7-13)9-11-17(15,16)12-10-14/h3-7H,2,8-12H2,1H3. The van der Waals surface area contributed by atoms with Gasteiger partial charge in [-0.2, -0.15) is 0 Å². The largest absolute Gasteiger partial charge is 0.229 e. The lowest BCUT2D eigenvalue weighted by molar-refractivity contribution is 0.350. The Morgan fingerprint density at radius 2 is 1.71 bits per heavy atom. The highest BCUT2D eigenvalue weighted by Gasteiger charge is 2.37. The summed E-state index contributed by atoms with van der Waals surface area (Å²) in [5.41, 5.74) is 1.41. The molecule has 1 aromatic rings. The summed E-state index contributed by atoms with van der Waals surface area (Å²) in [5.74, 6) is 0.698. The molecule has 1 aliphatic heterocycles. The fourth-order valence-electron chi connectivity index (χ4n) is 2.88. The molecule has 2 rings (SSSR count). The summed E-state index contributed by atoms with van der Waals surface area (Å²) in [6.07, 6.45) is 3.77. The average Bonchev–Trinajstić information content (AvgIpc) is 2.34. The number of hydrogen-bond donors (Lipinski definition) is 0. The summed E-state index contributed by atoms with van der Waals surface area (Å²) in [6.45, 7) is 2.17. The molecule has 1 saturated heterocycles. The van der Waals surface area contributed by atoms with Crippen molar-refractivity contribution in [3.63, 3.8) is 0 Å². The second kappa shape index (κ2) is 4.81. The van der Waals surface area contributed by atoms with Crippen LogP contribution in [0.5, 0.6) is 0 Å². The summed E-state index contributed by atoms with van der Waals surface area (Å²) in [5, 5.41) is 0. The Labute approximate surface area is 104 Å². The van der Waals surface area contributed by atoms with E-state index in [9.17, 15) is 8.42 Å². The molecule has 0 aromatic heterocycles. The maximum atomic E-state index is 11.6. The molecule has 94 valence electrons. The number of benzene rings is 1. The third-order valence-corrected chi connectivity index (χ3v) is 5.55. The second-order valence-electron chi connectivity index (χ2n) is 5.05. The van der Waals surface area contributed by atoms with Gasteiger partial charge < -0.3 is 0 Å². The molecule has 2 nitrogen and oxygen atoms in total. The van der Waals surface area contributed by atoms with Gasteiger partial charge >= 0.3 is 0 Å². The van der Waals surface area contributed by atoms with E-state index >= 15 is 0 Å². The van der Waals surface area contributed by atoms with Crippen LogP contribution in [0.3, 0.4) is 0 Å². The maximum Gasteiger partial charge on any atom is 0.150 e. The molecule has 1 heterocycles. The first-order valence-electron chi connectivity index (χ1n) is 6.34. The zero-order chi connectivity index (χ0) is 12.4. The second-order valence-corrected chi connectivity index (χ2v) is 7.35. The highest BCUT2D eigenvalue weighted by Crippen LogP contribution is 2.40. The van der Waals surface area contributed by atoms with Crippen molar-refractivity contribution in [3.05, 3.63) is 35.9 Å². The minimum Gasteiger partial charge on any atom is -0.229 e. The van der Waals surface area contributed by atoms with Gasteiger partial charge in [-0.1, -0.05) is 43.7 Å². The van der Waals surface area contributed by atoms with Crippen molar-refractivity contribution in [1.29, 1.82) is 0 Å². The Morgan fingerprint density at radius 1 is 1.12 bits per heavy atom. The molecule has 0 aliphatic carbocycles. The van der Waals surface area contributed by atoms with Gasteiger partial charge in [0.05, 0.1) is 11.5 Å². The Morgan fingerprint density at radius 3 is 2.24 bits per heavy atom. The first kappa shape index (κ1) is 12.6. The quantitative estimate of drug-likeness (QED) is 0.829. The van der Waals surface area contributed by atoms with Crippen molar-refractivity contribution in [2.75, 3.05) is 11.5 Å². The van der Waals surface area contributed by atoms with E-state index in [0.717, 1.165) is 25.7 Å². The summed E-state index contributed by atoms with van der Waals surface area (Å²) in [4.78, 5) is 0. The van der Waals surface area contributed by atoms with Crippen LogP contribution >= 0.6 is 0 Å². The van der Waals surface area contributed by atoms with Gasteiger partial charge in [0.2, 0.25) is 0 Å². The molecule has 0 bridgehead atoms. The fraction of sp³-hybridized carbons (Fsp3) is 0.571. The minimum absolute atomic E-state index is 0.0985. The van der Waals surface area contributed by atoms with Crippen LogP contribution in [0.25, 0.3) is 0 Å². The predicted molar refractivity (Wildman–Crippen MR) is 70.9 cm³/mol. The van der Waals surface area contributed by atoms with Crippen LogP contribution in [0.4, 0.5) is 0 Å². The van der Waals surface area contributed by atoms with E-state index in [4.69, 9.17) is 0 Å². The van der Waals surface area contributed by atoms with Gasteiger partial charge in [0.1, 0.15) is 9.84 Å². The zero-order valence-corrected chi connectivity index (χ0v) is 11.2. The molecule has 0 atom stereocenters. The van der Waals surface area contributed by atoms with E-state index in [2.05, 4.69) is 31.2 Å². The molecule has 0 radical (unpaired) electrons. The first-order valence-corrected chi connectivity index (χ1v) is 8.16. The van der Waals surface area contributed by atoms with E-state index < -0.39 is 9.84 Å². The summed E-state index contributed by atoms with van der Waals surface area (Å²) in [6, 6.07) is 10.4. The topological polar surface area (TPSA) is 34.1 Å². The van der Waals surface area contributed by atoms with Crippen LogP contribution in [0.15, 0.2) is 30.3 Å². The van der Waals surface area contributed by atoms with Crippen LogP contribution in [0.1, 0.15) is 38.2 Å². The monoisotopic (exact) mass is 252 g/mol. The maximum absolute atomic E-state index is 11.6. The van der Waals surface area contributed by atoms with Crippen LogP contribution < -0.4 is 0 Å². The molecule has 0 unspecified atom stereocenters. The lowest BCUT2D eigenvalue weighted by Gasteiger charge is -2.37. The van der Waals surface area contributed by atoms with Crippen LogP contribution in [0.2, 0.25) is 0 Å². The van der Waals surface area contributed by atoms with E-state index in [0.29, 0.717) is 11.5 Å². The predicted octanol–water partition coefficient (Wildman–Crippen LogP) is 2.93. The Balaban J connectivity index is 2.29. The van der Waals surface area contributed by atoms with Crippen LogP contribution in [-0.4, -0.2) is 19.9 Å². The average molecular weight is 252 g/mol. The Bertz CT molecular complexity index is 448. The molecule has 0 N–H and O–H groups in total. The van der Waals surface area contributed by atoms with Crippen LogP contribution in [0, 0.1) is 0 Å². The molecular formula is C14H20O2S. The van der Waals surface area contributed by atoms with Gasteiger partial charge in [0.15, 0.2) is 0 Å². The van der Waals surface area contributed by atoms with Crippen molar-refractivity contribution in [1.82, 2.24) is 0 Å². The lowest BCUT2D eigenvalue weighted by Crippen LogP contribution is -2.37. The summed E-state index contributed by atoms with van der Waals surface area (Å²) >= 11 is 0. The Hall–Kier alpha value is -0.830. The van der Waals surface area contributed by atoms with E-state index in [-0.39, 0.29) is 5.41 Å². The van der Waals surface area contributed by atoms with Crippen molar-refractivity contribution in [2.45, 2.75) is 38.0 Å². The van der Waals surface area contributed by atoms with Gasteiger partial charge in [0, 0.05) is 0 Å². The van der Waals surface area contributed by atoms with Crippen molar-refractivity contribution in [2.24, 2.45) is 0 Å². The normalized spacial score (nSPS) is 22.2. The summed E-state index contributed by atoms with van der Waals surface area (Å²) in [7, 11) is -2.78. The minimum atomic E-state index is -2.78. The third kappa shape index (κ3) is 2.71. The molecule has 1 aliphatic rings. The van der Waals surface area contributed by atoms with E-state index in [1.165, 1.54) is 5.56 Å². The molecule has 17 heavy (non-hydrogen) atoms. The smallest absolute Gasteiger partial charge is 0.150 e. The molecule has 3 heteroatoms. The molecule has 0 saturated carbocycles. The van der Waals surface area contributed by atoms with Gasteiger partial charge in [0.25, 0.3) is 0 Å². The molecule has 0 spiro atoms. The summed E-state index contributed by atoms with van der Waals surface area (Å²) < 4.78 is 23.1. The first-order chi connectivity index (χ1) is 8.08. The van der Waals surface area contributed by atoms with E-state index in [1.54, 1.807) is 0 Å². The van der Waals surface area contributed by atoms with E-state index in [1.807, 2.05) is 6.07 Å². The molecule has 0 amide bonds. The lowest BCUT2D eigenvalue weighted by atomic mass is 9.72. The molecule has 1 aromatic carbocycles. The van der Waals surface area contributed by atoms with Crippen molar-refractivity contribution >= 4 is 9.84 Å². The number of hydrogen-bond acceptors (Lipinski definition) is 2. The zero-order valence-electron chi connectivity index (χ0n) is 10.4. The number of sulfone groups is 1. The van der Waals surface area contributed by atoms with Gasteiger partial charge in [-0.15, -0.1) is 0 Å². The third-order valence-electron chi connectivity index (χ3n) is 3.90. The van der Waals surface area contributed by atoms with Crippen molar-refractivity contribution in [3.8, 4) is 0 Å². The Kier molecular flexibility index (Phi) is 3.57. The SMILES string of the molecule is CCCC1(c2ccccc2)CCS(=O)(=O)CC1. The highest BCUT2D eigenvalue weighted by molar-refractivity contribution is 7.91. The molecule has 1 fully saturated rings. The number of rotatable bonds is 3.